The van der Waals surface area contributed by atoms with Gasteiger partial charge in [0.25, 0.3) is 0 Å². The third-order valence-corrected chi connectivity index (χ3v) is 3.98. The highest BCUT2D eigenvalue weighted by Crippen LogP contribution is 2.23. The fourth-order valence-corrected chi connectivity index (χ4v) is 2.86. The summed E-state index contributed by atoms with van der Waals surface area (Å²) in [7, 11) is 0. The van der Waals surface area contributed by atoms with Crippen molar-refractivity contribution >= 4 is 0 Å². The molecule has 3 nitrogen and oxygen atoms in total. The summed E-state index contributed by atoms with van der Waals surface area (Å²) < 4.78 is 5.70. The van der Waals surface area contributed by atoms with Crippen LogP contribution in [-0.2, 0) is 10.3 Å². The molecule has 0 aliphatic carbocycles. The van der Waals surface area contributed by atoms with E-state index in [1.807, 2.05) is 0 Å². The fraction of sp³-hybridized carbons (Fsp3) is 0.647. The zero-order chi connectivity index (χ0) is 14.4. The number of hydrogen-bond donors (Lipinski definition) is 1. The second kappa shape index (κ2) is 7.21. The Kier molecular flexibility index (Phi) is 5.58. The minimum absolute atomic E-state index is 0.0373. The minimum Gasteiger partial charge on any atom is -0.377 e. The van der Waals surface area contributed by atoms with Gasteiger partial charge < -0.3 is 10.1 Å². The average molecular weight is 276 g/mol. The Bertz CT molecular complexity index is 393. The first kappa shape index (κ1) is 15.5. The lowest BCUT2D eigenvalue weighted by molar-refractivity contribution is 0.0555. The Morgan fingerprint density at radius 2 is 2.05 bits per heavy atom. The molecule has 20 heavy (non-hydrogen) atoms. The van der Waals surface area contributed by atoms with E-state index < -0.39 is 0 Å². The van der Waals surface area contributed by atoms with Crippen LogP contribution < -0.4 is 5.32 Å². The van der Waals surface area contributed by atoms with E-state index in [1.165, 1.54) is 12.0 Å². The zero-order valence-electron chi connectivity index (χ0n) is 13.1. The number of nitrogens with one attached hydrogen (secondary N) is 1. The lowest BCUT2D eigenvalue weighted by Crippen LogP contribution is -2.47. The molecule has 0 bridgehead atoms. The molecule has 3 heteroatoms. The highest BCUT2D eigenvalue weighted by atomic mass is 16.5. The molecule has 2 rings (SSSR count). The topological polar surface area (TPSA) is 24.5 Å². The predicted molar refractivity (Wildman–Crippen MR) is 83.9 cm³/mol. The van der Waals surface area contributed by atoms with Crippen molar-refractivity contribution in [1.82, 2.24) is 10.2 Å². The lowest BCUT2D eigenvalue weighted by atomic mass is 9.91. The SMILES string of the molecule is CC(C)OCCN1CCCNC(C)(c2ccccc2)C1. The molecule has 1 atom stereocenters. The summed E-state index contributed by atoms with van der Waals surface area (Å²) in [6.45, 7) is 11.6. The monoisotopic (exact) mass is 276 g/mol. The third-order valence-electron chi connectivity index (χ3n) is 3.98. The van der Waals surface area contributed by atoms with Gasteiger partial charge in [-0.15, -0.1) is 0 Å². The third kappa shape index (κ3) is 4.30. The van der Waals surface area contributed by atoms with E-state index in [0.717, 1.165) is 32.8 Å². The molecule has 0 aromatic heterocycles. The van der Waals surface area contributed by atoms with Crippen molar-refractivity contribution in [2.45, 2.75) is 38.8 Å². The van der Waals surface area contributed by atoms with E-state index >= 15 is 0 Å². The second-order valence-electron chi connectivity index (χ2n) is 6.17. The van der Waals surface area contributed by atoms with Gasteiger partial charge in [-0.25, -0.2) is 0 Å². The summed E-state index contributed by atoms with van der Waals surface area (Å²) in [5.74, 6) is 0. The molecular formula is C17H28N2O. The number of nitrogens with zero attached hydrogens (tertiary/aromatic N) is 1. The quantitative estimate of drug-likeness (QED) is 0.895. The first-order valence-corrected chi connectivity index (χ1v) is 7.75. The van der Waals surface area contributed by atoms with Crippen molar-refractivity contribution in [2.24, 2.45) is 0 Å². The molecule has 1 aliphatic heterocycles. The summed E-state index contributed by atoms with van der Waals surface area (Å²) in [6, 6.07) is 10.8. The van der Waals surface area contributed by atoms with Gasteiger partial charge in [0.05, 0.1) is 18.2 Å². The summed E-state index contributed by atoms with van der Waals surface area (Å²) in [5, 5.41) is 3.72. The van der Waals surface area contributed by atoms with Crippen molar-refractivity contribution < 1.29 is 4.74 Å². The Hall–Kier alpha value is -0.900. The Labute approximate surface area is 123 Å². The van der Waals surface area contributed by atoms with Crippen molar-refractivity contribution in [1.29, 1.82) is 0 Å². The first-order chi connectivity index (χ1) is 9.60. The Morgan fingerprint density at radius 1 is 1.30 bits per heavy atom. The van der Waals surface area contributed by atoms with Gasteiger partial charge in [-0.05, 0) is 45.8 Å². The molecule has 0 spiro atoms. The number of hydrogen-bond acceptors (Lipinski definition) is 3. The van der Waals surface area contributed by atoms with Gasteiger partial charge in [0, 0.05) is 13.1 Å². The average Bonchev–Trinajstić information content (AvgIpc) is 2.62. The smallest absolute Gasteiger partial charge is 0.0596 e. The maximum absolute atomic E-state index is 5.70. The van der Waals surface area contributed by atoms with Crippen LogP contribution in [0.1, 0.15) is 32.8 Å². The van der Waals surface area contributed by atoms with E-state index in [4.69, 9.17) is 4.74 Å². The minimum atomic E-state index is 0.0373. The predicted octanol–water partition coefficient (Wildman–Crippen LogP) is 2.62. The fourth-order valence-electron chi connectivity index (χ4n) is 2.86. The molecule has 1 aromatic rings. The highest BCUT2D eigenvalue weighted by Gasteiger charge is 2.30. The van der Waals surface area contributed by atoms with E-state index in [-0.39, 0.29) is 5.54 Å². The summed E-state index contributed by atoms with van der Waals surface area (Å²) >= 11 is 0. The molecular weight excluding hydrogens is 248 g/mol. The zero-order valence-corrected chi connectivity index (χ0v) is 13.1. The van der Waals surface area contributed by atoms with Gasteiger partial charge in [-0.3, -0.25) is 4.90 Å². The molecule has 0 saturated carbocycles. The maximum atomic E-state index is 5.70. The Morgan fingerprint density at radius 3 is 2.75 bits per heavy atom. The van der Waals surface area contributed by atoms with E-state index in [2.05, 4.69) is 61.3 Å². The molecule has 1 aromatic carbocycles. The van der Waals surface area contributed by atoms with Crippen LogP contribution in [-0.4, -0.2) is 43.8 Å². The van der Waals surface area contributed by atoms with Crippen LogP contribution in [0.4, 0.5) is 0 Å². The molecule has 1 fully saturated rings. The van der Waals surface area contributed by atoms with Gasteiger partial charge >= 0.3 is 0 Å². The first-order valence-electron chi connectivity index (χ1n) is 7.75. The standard InChI is InChI=1S/C17H28N2O/c1-15(2)20-13-12-19-11-7-10-18-17(3,14-19)16-8-5-4-6-9-16/h4-6,8-9,15,18H,7,10-14H2,1-3H3. The summed E-state index contributed by atoms with van der Waals surface area (Å²) in [5.41, 5.74) is 1.41. The van der Waals surface area contributed by atoms with Crippen LogP contribution in [0.15, 0.2) is 30.3 Å². The van der Waals surface area contributed by atoms with Crippen LogP contribution in [0.3, 0.4) is 0 Å². The molecule has 0 amide bonds. The number of ether oxygens (including phenoxy) is 1. The van der Waals surface area contributed by atoms with Crippen molar-refractivity contribution in [3.8, 4) is 0 Å². The van der Waals surface area contributed by atoms with Crippen molar-refractivity contribution in [3.05, 3.63) is 35.9 Å². The number of rotatable bonds is 5. The summed E-state index contributed by atoms with van der Waals surface area (Å²) in [4.78, 5) is 2.52. The van der Waals surface area contributed by atoms with E-state index in [1.54, 1.807) is 0 Å². The molecule has 1 heterocycles. The largest absolute Gasteiger partial charge is 0.377 e. The van der Waals surface area contributed by atoms with Crippen LogP contribution >= 0.6 is 0 Å². The van der Waals surface area contributed by atoms with Crippen molar-refractivity contribution in [3.63, 3.8) is 0 Å². The van der Waals surface area contributed by atoms with Crippen LogP contribution in [0, 0.1) is 0 Å². The van der Waals surface area contributed by atoms with Gasteiger partial charge in [0.15, 0.2) is 0 Å². The van der Waals surface area contributed by atoms with Crippen LogP contribution in [0.2, 0.25) is 0 Å². The van der Waals surface area contributed by atoms with Crippen molar-refractivity contribution in [2.75, 3.05) is 32.8 Å². The maximum Gasteiger partial charge on any atom is 0.0596 e. The molecule has 112 valence electrons. The van der Waals surface area contributed by atoms with Gasteiger partial charge in [0.1, 0.15) is 0 Å². The van der Waals surface area contributed by atoms with Gasteiger partial charge in [-0.1, -0.05) is 30.3 Å². The van der Waals surface area contributed by atoms with E-state index in [0.29, 0.717) is 6.10 Å². The molecule has 1 N–H and O–H groups in total. The number of benzene rings is 1. The molecule has 1 aliphatic rings. The molecule has 1 unspecified atom stereocenters. The van der Waals surface area contributed by atoms with Gasteiger partial charge in [-0.2, -0.15) is 0 Å². The van der Waals surface area contributed by atoms with Crippen LogP contribution in [0.5, 0.6) is 0 Å². The van der Waals surface area contributed by atoms with Crippen LogP contribution in [0.25, 0.3) is 0 Å². The summed E-state index contributed by atoms with van der Waals surface area (Å²) in [6.07, 6.45) is 1.52. The molecule has 1 saturated heterocycles. The second-order valence-corrected chi connectivity index (χ2v) is 6.17. The lowest BCUT2D eigenvalue weighted by Gasteiger charge is -2.34. The molecule has 0 radical (unpaired) electrons. The normalized spacial score (nSPS) is 24.8. The highest BCUT2D eigenvalue weighted by molar-refractivity contribution is 5.24. The van der Waals surface area contributed by atoms with Gasteiger partial charge in [0.2, 0.25) is 0 Å². The Balaban J connectivity index is 1.99. The van der Waals surface area contributed by atoms with E-state index in [9.17, 15) is 0 Å².